The molecule has 0 radical (unpaired) electrons. The fourth-order valence-corrected chi connectivity index (χ4v) is 6.07. The average Bonchev–Trinajstić information content (AvgIpc) is 3.66. The van der Waals surface area contributed by atoms with Gasteiger partial charge in [-0.1, -0.05) is 36.4 Å². The summed E-state index contributed by atoms with van der Waals surface area (Å²) in [5.41, 5.74) is 2.67. The van der Waals surface area contributed by atoms with Gasteiger partial charge in [0.1, 0.15) is 6.04 Å². The molecule has 0 spiro atoms. The maximum Gasteiger partial charge on any atom is 0.471 e. The lowest BCUT2D eigenvalue weighted by Crippen LogP contribution is -2.48. The van der Waals surface area contributed by atoms with Gasteiger partial charge in [0.15, 0.2) is 6.29 Å². The van der Waals surface area contributed by atoms with Crippen LogP contribution < -0.4 is 5.32 Å². The maximum atomic E-state index is 13.0. The summed E-state index contributed by atoms with van der Waals surface area (Å²) in [6.45, 7) is 1.35. The summed E-state index contributed by atoms with van der Waals surface area (Å²) in [7, 11) is 0. The molecule has 42 heavy (non-hydrogen) atoms. The first-order valence-electron chi connectivity index (χ1n) is 14.3. The molecule has 0 unspecified atom stereocenters. The van der Waals surface area contributed by atoms with Crippen molar-refractivity contribution in [2.75, 3.05) is 31.6 Å². The van der Waals surface area contributed by atoms with Gasteiger partial charge in [-0.25, -0.2) is 0 Å². The van der Waals surface area contributed by atoms with Gasteiger partial charge in [-0.3, -0.25) is 14.5 Å². The zero-order valence-electron chi connectivity index (χ0n) is 23.1. The summed E-state index contributed by atoms with van der Waals surface area (Å²) in [5, 5.41) is 21.9. The predicted molar refractivity (Wildman–Crippen MR) is 146 cm³/mol. The highest BCUT2D eigenvalue weighted by atomic mass is 19.4. The number of likely N-dealkylation sites (tertiary alicyclic amines) is 2. The summed E-state index contributed by atoms with van der Waals surface area (Å²) < 4.78 is 51.9. The smallest absolute Gasteiger partial charge is 0.395 e. The van der Waals surface area contributed by atoms with Gasteiger partial charge in [-0.05, 0) is 55.5 Å². The topological polar surface area (TPSA) is 112 Å². The van der Waals surface area contributed by atoms with Crippen LogP contribution >= 0.6 is 0 Å². The Balaban J connectivity index is 1.33. The number of alkyl halides is 3. The summed E-state index contributed by atoms with van der Waals surface area (Å²) in [5.74, 6) is -2.69. The molecule has 12 heteroatoms. The first-order valence-corrected chi connectivity index (χ1v) is 14.3. The second-order valence-electron chi connectivity index (χ2n) is 11.1. The molecule has 0 aliphatic carbocycles. The summed E-state index contributed by atoms with van der Waals surface area (Å²) in [6.07, 6.45) is -3.45. The molecule has 3 fully saturated rings. The number of nitrogens with zero attached hydrogens (tertiary/aromatic N) is 2. The van der Waals surface area contributed by atoms with Gasteiger partial charge >= 0.3 is 12.1 Å². The number of hydrogen-bond acceptors (Lipinski definition) is 7. The molecule has 228 valence electrons. The number of anilines is 1. The number of benzene rings is 2. The Morgan fingerprint density at radius 1 is 0.976 bits per heavy atom. The number of carbonyl (C=O) groups excluding carboxylic acids is 2. The number of aliphatic hydroxyl groups excluding tert-OH is 2. The highest BCUT2D eigenvalue weighted by molar-refractivity contribution is 5.98. The Kier molecular flexibility index (Phi) is 9.48. The lowest BCUT2D eigenvalue weighted by molar-refractivity contribution is -0.253. The number of halogens is 3. The van der Waals surface area contributed by atoms with Crippen LogP contribution in [0.3, 0.4) is 0 Å². The molecule has 5 rings (SSSR count). The van der Waals surface area contributed by atoms with Crippen molar-refractivity contribution in [3.8, 4) is 0 Å². The van der Waals surface area contributed by atoms with E-state index < -0.39 is 30.3 Å². The summed E-state index contributed by atoms with van der Waals surface area (Å²) in [4.78, 5) is 27.6. The molecule has 9 nitrogen and oxygen atoms in total. The first-order chi connectivity index (χ1) is 20.2. The third-order valence-electron chi connectivity index (χ3n) is 8.25. The third-order valence-corrected chi connectivity index (χ3v) is 8.25. The van der Waals surface area contributed by atoms with Crippen LogP contribution in [0.15, 0.2) is 48.5 Å². The molecule has 3 aliphatic heterocycles. The van der Waals surface area contributed by atoms with Crippen molar-refractivity contribution < 1.29 is 42.4 Å². The van der Waals surface area contributed by atoms with Crippen LogP contribution in [0.1, 0.15) is 61.2 Å². The van der Waals surface area contributed by atoms with E-state index in [1.165, 1.54) is 0 Å². The normalized spacial score (nSPS) is 26.9. The van der Waals surface area contributed by atoms with E-state index in [2.05, 4.69) is 10.2 Å². The molecule has 2 aromatic rings. The fourth-order valence-electron chi connectivity index (χ4n) is 6.07. The number of nitrogens with one attached hydrogen (secondary N) is 1. The van der Waals surface area contributed by atoms with Crippen molar-refractivity contribution in [2.24, 2.45) is 0 Å². The SMILES string of the molecule is O=C(Nc1cccc([C@H]2O[C@@H](CN3CCC[C@H]3CO)C[C@@H](c3ccc(CO)cc3)O2)c1)[C@@H]1CCCN1C(=O)C(F)(F)F. The van der Waals surface area contributed by atoms with Gasteiger partial charge < -0.3 is 29.9 Å². The molecule has 0 bridgehead atoms. The van der Waals surface area contributed by atoms with E-state index in [1.807, 2.05) is 24.3 Å². The quantitative estimate of drug-likeness (QED) is 0.430. The Morgan fingerprint density at radius 2 is 1.74 bits per heavy atom. The Labute approximate surface area is 242 Å². The molecule has 3 heterocycles. The van der Waals surface area contributed by atoms with Crippen LogP contribution in [-0.2, 0) is 25.7 Å². The lowest BCUT2D eigenvalue weighted by Gasteiger charge is -2.38. The number of rotatable bonds is 8. The van der Waals surface area contributed by atoms with Crippen LogP contribution in [0.5, 0.6) is 0 Å². The van der Waals surface area contributed by atoms with Crippen LogP contribution in [0, 0.1) is 0 Å². The van der Waals surface area contributed by atoms with Crippen molar-refractivity contribution in [3.63, 3.8) is 0 Å². The van der Waals surface area contributed by atoms with Crippen molar-refractivity contribution in [1.29, 1.82) is 0 Å². The van der Waals surface area contributed by atoms with Gasteiger partial charge in [-0.15, -0.1) is 0 Å². The molecular formula is C30H36F3N3O6. The van der Waals surface area contributed by atoms with Crippen LogP contribution in [0.2, 0.25) is 0 Å². The number of aliphatic hydroxyl groups is 2. The van der Waals surface area contributed by atoms with E-state index in [0.717, 1.165) is 30.5 Å². The minimum Gasteiger partial charge on any atom is -0.395 e. The second-order valence-corrected chi connectivity index (χ2v) is 11.1. The standard InChI is InChI=1S/C30H36F3N3O6/c31-30(32,33)29(40)36-13-3-7-25(36)27(39)34-22-5-1-4-21(14-22)28-41-24(16-35-12-2-6-23(35)18-38)15-26(42-28)20-10-8-19(17-37)9-11-20/h1,4-5,8-11,14,23-26,28,37-38H,2-3,6-7,12-13,15-18H2,(H,34,39)/t23-,24+,25-,26-,28-/m0/s1. The third kappa shape index (κ3) is 6.95. The van der Waals surface area contributed by atoms with E-state index in [1.54, 1.807) is 24.3 Å². The van der Waals surface area contributed by atoms with E-state index in [0.29, 0.717) is 35.5 Å². The average molecular weight is 592 g/mol. The lowest BCUT2D eigenvalue weighted by atomic mass is 9.99. The molecule has 3 saturated heterocycles. The first kappa shape index (κ1) is 30.4. The number of ether oxygens (including phenoxy) is 2. The van der Waals surface area contributed by atoms with E-state index in [-0.39, 0.29) is 44.4 Å². The minimum absolute atomic E-state index is 0.0703. The number of amides is 2. The van der Waals surface area contributed by atoms with Crippen molar-refractivity contribution in [2.45, 2.75) is 75.5 Å². The zero-order chi connectivity index (χ0) is 29.9. The molecular weight excluding hydrogens is 555 g/mol. The van der Waals surface area contributed by atoms with Crippen LogP contribution in [0.25, 0.3) is 0 Å². The number of hydrogen-bond donors (Lipinski definition) is 3. The summed E-state index contributed by atoms with van der Waals surface area (Å²) in [6, 6.07) is 13.1. The largest absolute Gasteiger partial charge is 0.471 e. The molecule has 5 atom stereocenters. The summed E-state index contributed by atoms with van der Waals surface area (Å²) >= 11 is 0. The van der Waals surface area contributed by atoms with Gasteiger partial charge in [0, 0.05) is 36.8 Å². The van der Waals surface area contributed by atoms with Gasteiger partial charge in [0.25, 0.3) is 0 Å². The predicted octanol–water partition coefficient (Wildman–Crippen LogP) is 3.67. The Hall–Kier alpha value is -3.03. The minimum atomic E-state index is -5.05. The Morgan fingerprint density at radius 3 is 2.45 bits per heavy atom. The zero-order valence-corrected chi connectivity index (χ0v) is 23.1. The van der Waals surface area contributed by atoms with Gasteiger partial charge in [-0.2, -0.15) is 13.2 Å². The molecule has 0 saturated carbocycles. The molecule has 2 aromatic carbocycles. The van der Waals surface area contributed by atoms with Crippen molar-refractivity contribution >= 4 is 17.5 Å². The monoisotopic (exact) mass is 591 g/mol. The van der Waals surface area contributed by atoms with Gasteiger partial charge in [0.05, 0.1) is 25.4 Å². The van der Waals surface area contributed by atoms with E-state index >= 15 is 0 Å². The highest BCUT2D eigenvalue weighted by Gasteiger charge is 2.47. The fraction of sp³-hybridized carbons (Fsp3) is 0.533. The molecule has 3 aliphatic rings. The molecule has 3 N–H and O–H groups in total. The van der Waals surface area contributed by atoms with Crippen molar-refractivity contribution in [3.05, 3.63) is 65.2 Å². The Bertz CT molecular complexity index is 1240. The van der Waals surface area contributed by atoms with Crippen LogP contribution in [0.4, 0.5) is 18.9 Å². The number of carbonyl (C=O) groups is 2. The highest BCUT2D eigenvalue weighted by Crippen LogP contribution is 2.39. The maximum absolute atomic E-state index is 13.0. The van der Waals surface area contributed by atoms with Gasteiger partial charge in [0.2, 0.25) is 5.91 Å². The van der Waals surface area contributed by atoms with Crippen LogP contribution in [-0.4, -0.2) is 82.4 Å². The van der Waals surface area contributed by atoms with Crippen molar-refractivity contribution in [1.82, 2.24) is 9.80 Å². The molecule has 0 aromatic heterocycles. The second kappa shape index (κ2) is 13.1. The van der Waals surface area contributed by atoms with E-state index in [4.69, 9.17) is 9.47 Å². The van der Waals surface area contributed by atoms with E-state index in [9.17, 15) is 33.0 Å². The molecule has 2 amide bonds.